The summed E-state index contributed by atoms with van der Waals surface area (Å²) in [7, 11) is 0. The summed E-state index contributed by atoms with van der Waals surface area (Å²) < 4.78 is 24.3. The van der Waals surface area contributed by atoms with Crippen LogP contribution in [-0.2, 0) is 33.2 Å². The van der Waals surface area contributed by atoms with E-state index in [1.807, 2.05) is 56.7 Å². The van der Waals surface area contributed by atoms with E-state index in [1.54, 1.807) is 16.7 Å². The number of thiophene rings is 6. The largest absolute Gasteiger partial charge is 0.466 e. The van der Waals surface area contributed by atoms with Crippen LogP contribution in [0.4, 0.5) is 4.39 Å². The van der Waals surface area contributed by atoms with Crippen LogP contribution in [0.1, 0.15) is 205 Å². The molecule has 0 amide bonds. The smallest absolute Gasteiger partial charge is 0.302 e. The third-order valence-corrected chi connectivity index (χ3v) is 21.5. The zero-order valence-corrected chi connectivity index (χ0v) is 49.2. The van der Waals surface area contributed by atoms with Crippen molar-refractivity contribution in [3.63, 3.8) is 0 Å². The summed E-state index contributed by atoms with van der Waals surface area (Å²) in [5.74, 6) is 1.24. The Hall–Kier alpha value is -2.40. The summed E-state index contributed by atoms with van der Waals surface area (Å²) in [6.45, 7) is 27.4. The molecule has 0 N–H and O–H groups in total. The van der Waals surface area contributed by atoms with Gasteiger partial charge in [0.25, 0.3) is 0 Å². The summed E-state index contributed by atoms with van der Waals surface area (Å²) in [6.07, 6.45) is 22.8. The van der Waals surface area contributed by atoms with Crippen molar-refractivity contribution in [1.29, 1.82) is 0 Å². The van der Waals surface area contributed by atoms with E-state index in [0.29, 0.717) is 6.61 Å². The van der Waals surface area contributed by atoms with Gasteiger partial charge in [-0.2, -0.15) is 0 Å². The molecule has 0 radical (unpaired) electrons. The fourth-order valence-corrected chi connectivity index (χ4v) is 17.2. The van der Waals surface area contributed by atoms with Crippen LogP contribution >= 0.6 is 68.0 Å². The molecule has 0 saturated heterocycles. The Bertz CT molecular complexity index is 2570. The summed E-state index contributed by atoms with van der Waals surface area (Å²) in [4.78, 5) is 21.3. The highest BCUT2D eigenvalue weighted by atomic mass is 32.1. The van der Waals surface area contributed by atoms with E-state index in [1.165, 1.54) is 182 Å². The Morgan fingerprint density at radius 1 is 0.594 bits per heavy atom. The van der Waals surface area contributed by atoms with E-state index in [9.17, 15) is 4.79 Å². The van der Waals surface area contributed by atoms with Gasteiger partial charge in [-0.25, -0.2) is 4.39 Å². The molecule has 0 spiro atoms. The molecule has 0 aliphatic heterocycles. The predicted molar refractivity (Wildman–Crippen MR) is 313 cm³/mol. The molecule has 2 nitrogen and oxygen atoms in total. The van der Waals surface area contributed by atoms with E-state index in [2.05, 4.69) is 113 Å². The van der Waals surface area contributed by atoms with Crippen LogP contribution in [0.15, 0.2) is 41.8 Å². The average molecular weight is 1050 g/mol. The molecule has 378 valence electrons. The number of halogens is 1. The third kappa shape index (κ3) is 14.4. The monoisotopic (exact) mass is 1050 g/mol. The number of benzene rings is 1. The molecule has 2 atom stereocenters. The molecule has 6 heterocycles. The standard InChI is InChI=1S/C48H59FS6.C12H24O2/c1-11-15-17-28(13-3)23-30-19-21-35(51-30)39-32-25-37(44-45-41(34(49)27-50-45)46(55-44)48(8,9)10)53-42(32)40(33-26-38(47(5,6)7)54-43(33)39)36-22-20-31(52-36)24-29(14-4)18-16-12-2;1-3-4-5-6-7-8-9-10-11-14-12(2)13/h19-22,25-29H,11-18,23-24H2,1-10H3;3-11H2,1-2H3. The molecular formula is C60H83FO2S6. The maximum absolute atomic E-state index is 15.5. The number of fused-ring (bicyclic) bond motifs is 3. The summed E-state index contributed by atoms with van der Waals surface area (Å²) in [5, 5.41) is 5.31. The summed E-state index contributed by atoms with van der Waals surface area (Å²) in [5.41, 5.74) is 2.72. The molecule has 7 aromatic rings. The highest BCUT2D eigenvalue weighted by molar-refractivity contribution is 7.31. The van der Waals surface area contributed by atoms with Crippen LogP contribution in [0.3, 0.4) is 0 Å². The van der Waals surface area contributed by atoms with Crippen molar-refractivity contribution in [2.45, 2.75) is 209 Å². The Balaban J connectivity index is 0.000000486. The Kier molecular flexibility index (Phi) is 21.1. The number of hydrogen-bond donors (Lipinski definition) is 0. The number of hydrogen-bond acceptors (Lipinski definition) is 8. The zero-order chi connectivity index (χ0) is 49.9. The maximum atomic E-state index is 15.5. The highest BCUT2D eigenvalue weighted by Gasteiger charge is 2.30. The van der Waals surface area contributed by atoms with Crippen LogP contribution in [0, 0.1) is 17.7 Å². The number of rotatable bonds is 24. The van der Waals surface area contributed by atoms with Gasteiger partial charge in [0, 0.05) is 83.1 Å². The third-order valence-electron chi connectivity index (χ3n) is 13.7. The van der Waals surface area contributed by atoms with Crippen LogP contribution in [-0.4, -0.2) is 12.6 Å². The number of carbonyl (C=O) groups excluding carboxylic acids is 1. The summed E-state index contributed by atoms with van der Waals surface area (Å²) in [6, 6.07) is 14.7. The van der Waals surface area contributed by atoms with Crippen LogP contribution in [0.2, 0.25) is 0 Å². The van der Waals surface area contributed by atoms with Gasteiger partial charge in [-0.3, -0.25) is 4.79 Å². The minimum atomic E-state index is -0.159. The van der Waals surface area contributed by atoms with E-state index >= 15 is 4.39 Å². The number of esters is 1. The molecule has 7 rings (SSSR count). The lowest BCUT2D eigenvalue weighted by atomic mass is 9.92. The van der Waals surface area contributed by atoms with Crippen molar-refractivity contribution in [2.75, 3.05) is 6.61 Å². The molecular weight excluding hydrogens is 964 g/mol. The quantitative estimate of drug-likeness (QED) is 0.0445. The first-order valence-corrected chi connectivity index (χ1v) is 31.5. The summed E-state index contributed by atoms with van der Waals surface area (Å²) >= 11 is 11.4. The number of unbranched alkanes of at least 4 members (excludes halogenated alkanes) is 9. The van der Waals surface area contributed by atoms with Gasteiger partial charge in [-0.15, -0.1) is 68.0 Å². The topological polar surface area (TPSA) is 26.3 Å². The first-order chi connectivity index (χ1) is 33.0. The lowest BCUT2D eigenvalue weighted by Crippen LogP contribution is -2.08. The van der Waals surface area contributed by atoms with Gasteiger partial charge in [0.2, 0.25) is 0 Å². The van der Waals surface area contributed by atoms with Gasteiger partial charge in [-0.05, 0) is 78.3 Å². The fourth-order valence-electron chi connectivity index (χ4n) is 9.50. The number of carbonyl (C=O) groups is 1. The van der Waals surface area contributed by atoms with Gasteiger partial charge < -0.3 is 4.74 Å². The minimum Gasteiger partial charge on any atom is -0.466 e. The lowest BCUT2D eigenvalue weighted by Gasteiger charge is -2.16. The second kappa shape index (κ2) is 26.0. The molecule has 0 aliphatic rings. The van der Waals surface area contributed by atoms with Gasteiger partial charge in [0.05, 0.1) is 16.2 Å². The molecule has 9 heteroatoms. The molecule has 6 aromatic heterocycles. The van der Waals surface area contributed by atoms with Gasteiger partial charge in [0.15, 0.2) is 0 Å². The minimum absolute atomic E-state index is 0.0501. The maximum Gasteiger partial charge on any atom is 0.302 e. The normalized spacial score (nSPS) is 13.2. The Labute approximate surface area is 440 Å². The van der Waals surface area contributed by atoms with Crippen molar-refractivity contribution in [3.8, 4) is 30.6 Å². The molecule has 0 bridgehead atoms. The van der Waals surface area contributed by atoms with Gasteiger partial charge in [-0.1, -0.05) is 172 Å². The van der Waals surface area contributed by atoms with Crippen LogP contribution in [0.5, 0.6) is 0 Å². The van der Waals surface area contributed by atoms with Gasteiger partial charge >= 0.3 is 5.97 Å². The van der Waals surface area contributed by atoms with Gasteiger partial charge in [0.1, 0.15) is 5.82 Å². The SMILES string of the molecule is CCCCC(CC)Cc1ccc(-c2c3cc(C(C)(C)C)sc3c(-c3ccc(CC(CC)CCCC)s3)c3cc(-c4sc(C(C)(C)C)c5c(F)csc45)sc23)s1.CCCCCCCCCCOC(C)=O. The highest BCUT2D eigenvalue weighted by Crippen LogP contribution is 2.56. The van der Waals surface area contributed by atoms with Crippen LogP contribution < -0.4 is 0 Å². The first kappa shape index (κ1) is 55.9. The average Bonchev–Trinajstić information content (AvgIpc) is 4.17. The zero-order valence-electron chi connectivity index (χ0n) is 44.3. The molecule has 2 unspecified atom stereocenters. The molecule has 0 aliphatic carbocycles. The Morgan fingerprint density at radius 3 is 1.62 bits per heavy atom. The van der Waals surface area contributed by atoms with E-state index in [-0.39, 0.29) is 22.6 Å². The lowest BCUT2D eigenvalue weighted by molar-refractivity contribution is -0.141. The molecule has 0 saturated carbocycles. The molecule has 69 heavy (non-hydrogen) atoms. The second-order valence-electron chi connectivity index (χ2n) is 21.6. The van der Waals surface area contributed by atoms with Crippen molar-refractivity contribution < 1.29 is 13.9 Å². The number of ether oxygens (including phenoxy) is 1. The van der Waals surface area contributed by atoms with Crippen molar-refractivity contribution in [3.05, 3.63) is 67.1 Å². The van der Waals surface area contributed by atoms with Crippen molar-refractivity contribution in [1.82, 2.24) is 0 Å². The van der Waals surface area contributed by atoms with E-state index in [0.717, 1.165) is 33.2 Å². The first-order valence-electron chi connectivity index (χ1n) is 26.6. The van der Waals surface area contributed by atoms with E-state index in [4.69, 9.17) is 4.74 Å². The van der Waals surface area contributed by atoms with E-state index < -0.39 is 0 Å². The second-order valence-corrected chi connectivity index (χ2v) is 27.9. The fraction of sp³-hybridized carbons (Fsp3) is 0.583. The predicted octanol–water partition coefficient (Wildman–Crippen LogP) is 22.5. The molecule has 1 aromatic carbocycles. The van der Waals surface area contributed by atoms with Crippen molar-refractivity contribution in [2.24, 2.45) is 11.8 Å². The van der Waals surface area contributed by atoms with Crippen molar-refractivity contribution >= 4 is 104 Å². The Morgan fingerprint density at radius 2 is 1.12 bits per heavy atom. The van der Waals surface area contributed by atoms with Crippen LogP contribution in [0.25, 0.3) is 60.9 Å². The molecule has 0 fully saturated rings.